The summed E-state index contributed by atoms with van der Waals surface area (Å²) in [6, 6.07) is 12.0. The van der Waals surface area contributed by atoms with E-state index in [0.29, 0.717) is 18.4 Å². The molecular weight excluding hydrogens is 322 g/mol. The molecule has 120 valence electrons. The van der Waals surface area contributed by atoms with Gasteiger partial charge in [0.15, 0.2) is 0 Å². The van der Waals surface area contributed by atoms with Gasteiger partial charge in [0, 0.05) is 24.9 Å². The van der Waals surface area contributed by atoms with Crippen molar-refractivity contribution in [3.8, 4) is 10.4 Å². The second-order valence-corrected chi connectivity index (χ2v) is 6.52. The van der Waals surface area contributed by atoms with Crippen molar-refractivity contribution in [2.75, 3.05) is 0 Å². The summed E-state index contributed by atoms with van der Waals surface area (Å²) in [7, 11) is 1.84. The zero-order valence-corrected chi connectivity index (χ0v) is 13.9. The van der Waals surface area contributed by atoms with Gasteiger partial charge in [0.1, 0.15) is 17.0 Å². The number of hydrogen-bond donors (Lipinski definition) is 0. The number of rotatable bonds is 4. The number of aryl methyl sites for hydroxylation is 3. The lowest BCUT2D eigenvalue weighted by Crippen LogP contribution is -2.21. The van der Waals surface area contributed by atoms with Crippen molar-refractivity contribution < 1.29 is 0 Å². The monoisotopic (exact) mass is 337 g/mol. The molecule has 3 aromatic heterocycles. The molecule has 6 nitrogen and oxygen atoms in total. The Kier molecular flexibility index (Phi) is 3.70. The third-order valence-corrected chi connectivity index (χ3v) is 5.05. The van der Waals surface area contributed by atoms with Crippen LogP contribution in [-0.2, 0) is 20.0 Å². The lowest BCUT2D eigenvalue weighted by Gasteiger charge is -2.04. The summed E-state index contributed by atoms with van der Waals surface area (Å²) in [5.74, 6) is 0.845. The number of hydrogen-bond acceptors (Lipinski definition) is 5. The molecule has 0 N–H and O–H groups in total. The van der Waals surface area contributed by atoms with Crippen LogP contribution in [0.1, 0.15) is 5.82 Å². The fourth-order valence-electron chi connectivity index (χ4n) is 2.63. The SMILES string of the molecule is Cn1ncnc1CCn1cnc2sc(-c3ccccc3)cc2c1=O. The Balaban J connectivity index is 1.68. The van der Waals surface area contributed by atoms with E-state index in [9.17, 15) is 4.79 Å². The summed E-state index contributed by atoms with van der Waals surface area (Å²) < 4.78 is 3.35. The second kappa shape index (κ2) is 6.01. The maximum Gasteiger partial charge on any atom is 0.262 e. The first kappa shape index (κ1) is 14.8. The highest BCUT2D eigenvalue weighted by Gasteiger charge is 2.11. The minimum absolute atomic E-state index is 0.0133. The highest BCUT2D eigenvalue weighted by Crippen LogP contribution is 2.30. The van der Waals surface area contributed by atoms with Crippen LogP contribution < -0.4 is 5.56 Å². The first-order valence-corrected chi connectivity index (χ1v) is 8.41. The predicted molar refractivity (Wildman–Crippen MR) is 94.0 cm³/mol. The molecule has 0 aliphatic heterocycles. The molecule has 0 saturated carbocycles. The van der Waals surface area contributed by atoms with E-state index in [0.717, 1.165) is 21.1 Å². The topological polar surface area (TPSA) is 65.6 Å². The van der Waals surface area contributed by atoms with Crippen molar-refractivity contribution in [3.05, 3.63) is 65.2 Å². The first-order chi connectivity index (χ1) is 11.7. The molecule has 4 aromatic rings. The van der Waals surface area contributed by atoms with Gasteiger partial charge in [-0.2, -0.15) is 5.10 Å². The van der Waals surface area contributed by atoms with Crippen LogP contribution in [0.4, 0.5) is 0 Å². The zero-order valence-electron chi connectivity index (χ0n) is 13.1. The van der Waals surface area contributed by atoms with Crippen LogP contribution in [0.25, 0.3) is 20.7 Å². The van der Waals surface area contributed by atoms with E-state index in [4.69, 9.17) is 0 Å². The van der Waals surface area contributed by atoms with Gasteiger partial charge in [-0.1, -0.05) is 30.3 Å². The molecule has 0 bridgehead atoms. The average molecular weight is 337 g/mol. The third kappa shape index (κ3) is 2.63. The molecule has 0 fully saturated rings. The van der Waals surface area contributed by atoms with Crippen molar-refractivity contribution in [1.82, 2.24) is 24.3 Å². The van der Waals surface area contributed by atoms with Crippen LogP contribution in [0.3, 0.4) is 0 Å². The third-order valence-electron chi connectivity index (χ3n) is 3.96. The zero-order chi connectivity index (χ0) is 16.5. The van der Waals surface area contributed by atoms with Crippen LogP contribution in [0.5, 0.6) is 0 Å². The Morgan fingerprint density at radius 3 is 2.75 bits per heavy atom. The highest BCUT2D eigenvalue weighted by atomic mass is 32.1. The van der Waals surface area contributed by atoms with Crippen LogP contribution in [0.2, 0.25) is 0 Å². The van der Waals surface area contributed by atoms with Crippen molar-refractivity contribution in [1.29, 1.82) is 0 Å². The summed E-state index contributed by atoms with van der Waals surface area (Å²) in [6.45, 7) is 0.533. The Labute approximate surface area is 142 Å². The van der Waals surface area contributed by atoms with Gasteiger partial charge in [-0.05, 0) is 11.6 Å². The largest absolute Gasteiger partial charge is 0.298 e. The summed E-state index contributed by atoms with van der Waals surface area (Å²) in [4.78, 5) is 23.2. The van der Waals surface area contributed by atoms with E-state index in [1.54, 1.807) is 26.9 Å². The Morgan fingerprint density at radius 2 is 2.00 bits per heavy atom. The lowest BCUT2D eigenvalue weighted by atomic mass is 10.2. The van der Waals surface area contributed by atoms with E-state index in [2.05, 4.69) is 15.1 Å². The number of aromatic nitrogens is 5. The van der Waals surface area contributed by atoms with Crippen molar-refractivity contribution in [2.24, 2.45) is 7.05 Å². The molecule has 0 radical (unpaired) electrons. The Hall–Kier alpha value is -2.80. The van der Waals surface area contributed by atoms with E-state index in [1.807, 2.05) is 43.4 Å². The van der Waals surface area contributed by atoms with Crippen LogP contribution in [0, 0.1) is 0 Å². The van der Waals surface area contributed by atoms with E-state index < -0.39 is 0 Å². The number of thiophene rings is 1. The van der Waals surface area contributed by atoms with Gasteiger partial charge >= 0.3 is 0 Å². The molecule has 4 rings (SSSR count). The molecule has 24 heavy (non-hydrogen) atoms. The first-order valence-electron chi connectivity index (χ1n) is 7.59. The maximum atomic E-state index is 12.7. The molecule has 0 saturated heterocycles. The van der Waals surface area contributed by atoms with Gasteiger partial charge in [0.2, 0.25) is 0 Å². The predicted octanol–water partition coefficient (Wildman–Crippen LogP) is 2.50. The minimum Gasteiger partial charge on any atom is -0.298 e. The van der Waals surface area contributed by atoms with Crippen molar-refractivity contribution >= 4 is 21.6 Å². The molecule has 0 amide bonds. The molecule has 0 unspecified atom stereocenters. The number of fused-ring (bicyclic) bond motifs is 1. The van der Waals surface area contributed by atoms with Gasteiger partial charge in [0.05, 0.1) is 11.7 Å². The highest BCUT2D eigenvalue weighted by molar-refractivity contribution is 7.21. The Bertz CT molecular complexity index is 1050. The van der Waals surface area contributed by atoms with E-state index in [-0.39, 0.29) is 5.56 Å². The van der Waals surface area contributed by atoms with Gasteiger partial charge < -0.3 is 0 Å². The van der Waals surface area contributed by atoms with E-state index >= 15 is 0 Å². The molecule has 1 aromatic carbocycles. The van der Waals surface area contributed by atoms with Gasteiger partial charge in [-0.25, -0.2) is 9.97 Å². The lowest BCUT2D eigenvalue weighted by molar-refractivity contribution is 0.609. The summed E-state index contributed by atoms with van der Waals surface area (Å²) in [5.41, 5.74) is 1.09. The summed E-state index contributed by atoms with van der Waals surface area (Å²) in [6.07, 6.45) is 3.77. The molecule has 0 aliphatic carbocycles. The van der Waals surface area contributed by atoms with Gasteiger partial charge in [-0.15, -0.1) is 11.3 Å². The molecular formula is C17H15N5OS. The van der Waals surface area contributed by atoms with Gasteiger partial charge in [-0.3, -0.25) is 14.0 Å². The van der Waals surface area contributed by atoms with Gasteiger partial charge in [0.25, 0.3) is 5.56 Å². The molecule has 0 aliphatic rings. The van der Waals surface area contributed by atoms with Crippen LogP contribution in [0.15, 0.2) is 53.8 Å². The number of nitrogens with zero attached hydrogens (tertiary/aromatic N) is 5. The molecule has 0 spiro atoms. The Morgan fingerprint density at radius 1 is 1.17 bits per heavy atom. The van der Waals surface area contributed by atoms with Crippen LogP contribution >= 0.6 is 11.3 Å². The van der Waals surface area contributed by atoms with Crippen LogP contribution in [-0.4, -0.2) is 24.3 Å². The minimum atomic E-state index is -0.0133. The van der Waals surface area contributed by atoms with E-state index in [1.165, 1.54) is 6.33 Å². The number of benzene rings is 1. The van der Waals surface area contributed by atoms with Crippen molar-refractivity contribution in [3.63, 3.8) is 0 Å². The quantitative estimate of drug-likeness (QED) is 0.574. The standard InChI is InChI=1S/C17H15N5OS/c1-21-15(18-10-20-21)7-8-22-11-19-16-13(17(22)23)9-14(24-16)12-5-3-2-4-6-12/h2-6,9-11H,7-8H2,1H3. The fourth-order valence-corrected chi connectivity index (χ4v) is 3.63. The normalized spacial score (nSPS) is 11.2. The summed E-state index contributed by atoms with van der Waals surface area (Å²) >= 11 is 1.54. The average Bonchev–Trinajstić information content (AvgIpc) is 3.22. The maximum absolute atomic E-state index is 12.7. The molecule has 7 heteroatoms. The fraction of sp³-hybridized carbons (Fsp3) is 0.176. The van der Waals surface area contributed by atoms with Crippen molar-refractivity contribution in [2.45, 2.75) is 13.0 Å². The summed E-state index contributed by atoms with van der Waals surface area (Å²) in [5, 5.41) is 4.71. The second-order valence-electron chi connectivity index (χ2n) is 5.49. The smallest absolute Gasteiger partial charge is 0.262 e. The molecule has 3 heterocycles. The molecule has 0 atom stereocenters.